The van der Waals surface area contributed by atoms with E-state index >= 15 is 0 Å². The summed E-state index contributed by atoms with van der Waals surface area (Å²) in [5, 5.41) is 3.13. The molecule has 1 fully saturated rings. The van der Waals surface area contributed by atoms with Gasteiger partial charge in [-0.1, -0.05) is 31.2 Å². The highest BCUT2D eigenvalue weighted by atomic mass is 16.2. The Morgan fingerprint density at radius 3 is 2.47 bits per heavy atom. The number of hydrogen-bond donors (Lipinski definition) is 1. The van der Waals surface area contributed by atoms with E-state index in [0.29, 0.717) is 38.8 Å². The van der Waals surface area contributed by atoms with Gasteiger partial charge in [0.2, 0.25) is 11.8 Å². The molecular weight excluding hydrogens is 376 g/mol. The number of rotatable bonds is 7. The van der Waals surface area contributed by atoms with Crippen molar-refractivity contribution in [3.8, 4) is 11.1 Å². The predicted molar refractivity (Wildman–Crippen MR) is 118 cm³/mol. The van der Waals surface area contributed by atoms with Crippen LogP contribution in [0.1, 0.15) is 52.0 Å². The zero-order valence-corrected chi connectivity index (χ0v) is 18.2. The molecule has 3 rings (SSSR count). The minimum Gasteiger partial charge on any atom is -0.353 e. The smallest absolute Gasteiger partial charge is 0.226 e. The molecule has 30 heavy (non-hydrogen) atoms. The van der Waals surface area contributed by atoms with Gasteiger partial charge in [0.15, 0.2) is 0 Å². The predicted octanol–water partition coefficient (Wildman–Crippen LogP) is 3.62. The maximum Gasteiger partial charge on any atom is 0.226 e. The third kappa shape index (κ3) is 5.23. The SMILES string of the molecule is CCCC(=O)N1CCC(Cc2cccc(-c3cncnc3)c2)(C(=O)NC(C)C)CC1. The zero-order chi connectivity index (χ0) is 21.6. The van der Waals surface area contributed by atoms with Gasteiger partial charge in [0.05, 0.1) is 5.41 Å². The van der Waals surface area contributed by atoms with Crippen LogP contribution in [0.2, 0.25) is 0 Å². The lowest BCUT2D eigenvalue weighted by molar-refractivity contribution is -0.141. The van der Waals surface area contributed by atoms with Crippen molar-refractivity contribution in [3.05, 3.63) is 48.5 Å². The molecule has 1 aromatic carbocycles. The molecule has 0 radical (unpaired) electrons. The number of likely N-dealkylation sites (tertiary alicyclic amines) is 1. The fourth-order valence-electron chi connectivity index (χ4n) is 4.16. The summed E-state index contributed by atoms with van der Waals surface area (Å²) in [7, 11) is 0. The van der Waals surface area contributed by atoms with Crippen molar-refractivity contribution in [2.24, 2.45) is 5.41 Å². The van der Waals surface area contributed by atoms with Gasteiger partial charge in [0.25, 0.3) is 0 Å². The third-order valence-corrected chi connectivity index (χ3v) is 5.80. The van der Waals surface area contributed by atoms with Crippen LogP contribution in [0.5, 0.6) is 0 Å². The highest BCUT2D eigenvalue weighted by Crippen LogP contribution is 2.37. The van der Waals surface area contributed by atoms with Gasteiger partial charge in [-0.15, -0.1) is 0 Å². The van der Waals surface area contributed by atoms with E-state index in [1.54, 1.807) is 12.4 Å². The lowest BCUT2D eigenvalue weighted by atomic mass is 9.72. The van der Waals surface area contributed by atoms with Gasteiger partial charge in [-0.05, 0) is 50.7 Å². The van der Waals surface area contributed by atoms with Gasteiger partial charge in [0.1, 0.15) is 6.33 Å². The molecule has 6 heteroatoms. The Hall–Kier alpha value is -2.76. The van der Waals surface area contributed by atoms with E-state index in [1.807, 2.05) is 37.8 Å². The molecule has 0 spiro atoms. The summed E-state index contributed by atoms with van der Waals surface area (Å²) in [5.74, 6) is 0.287. The standard InChI is InChI=1S/C24H32N4O2/c1-4-6-22(29)28-11-9-24(10-12-28,23(30)27-18(2)3)14-19-7-5-8-20(13-19)21-15-25-17-26-16-21/h5,7-8,13,15-18H,4,6,9-12,14H2,1-3H3,(H,27,30). The topological polar surface area (TPSA) is 75.2 Å². The second-order valence-electron chi connectivity index (χ2n) is 8.54. The summed E-state index contributed by atoms with van der Waals surface area (Å²) < 4.78 is 0. The largest absolute Gasteiger partial charge is 0.353 e. The van der Waals surface area contributed by atoms with Crippen LogP contribution < -0.4 is 5.32 Å². The van der Waals surface area contributed by atoms with Crippen LogP contribution in [0.15, 0.2) is 43.0 Å². The Morgan fingerprint density at radius 1 is 1.13 bits per heavy atom. The van der Waals surface area contributed by atoms with E-state index in [1.165, 1.54) is 6.33 Å². The van der Waals surface area contributed by atoms with E-state index in [9.17, 15) is 9.59 Å². The first kappa shape index (κ1) is 21.9. The Bertz CT molecular complexity index is 859. The Labute approximate surface area is 179 Å². The van der Waals surface area contributed by atoms with Crippen LogP contribution in [0, 0.1) is 5.41 Å². The summed E-state index contributed by atoms with van der Waals surface area (Å²) >= 11 is 0. The minimum atomic E-state index is -0.501. The molecule has 160 valence electrons. The van der Waals surface area contributed by atoms with E-state index in [4.69, 9.17) is 0 Å². The first-order valence-electron chi connectivity index (χ1n) is 10.9. The number of amides is 2. The van der Waals surface area contributed by atoms with Gasteiger partial charge < -0.3 is 10.2 Å². The molecule has 1 aliphatic heterocycles. The lowest BCUT2D eigenvalue weighted by Gasteiger charge is -2.41. The van der Waals surface area contributed by atoms with Crippen molar-refractivity contribution >= 4 is 11.8 Å². The minimum absolute atomic E-state index is 0.0851. The molecule has 0 saturated carbocycles. The fraction of sp³-hybridized carbons (Fsp3) is 0.500. The molecule has 0 aliphatic carbocycles. The summed E-state index contributed by atoms with van der Waals surface area (Å²) in [6.45, 7) is 7.27. The van der Waals surface area contributed by atoms with Crippen LogP contribution in [0.25, 0.3) is 11.1 Å². The maximum atomic E-state index is 13.3. The summed E-state index contributed by atoms with van der Waals surface area (Å²) in [6, 6.07) is 8.34. The first-order valence-corrected chi connectivity index (χ1v) is 10.9. The van der Waals surface area contributed by atoms with E-state index in [-0.39, 0.29) is 17.9 Å². The van der Waals surface area contributed by atoms with Crippen molar-refractivity contribution in [1.82, 2.24) is 20.2 Å². The van der Waals surface area contributed by atoms with Gasteiger partial charge in [-0.3, -0.25) is 9.59 Å². The molecule has 1 aliphatic rings. The van der Waals surface area contributed by atoms with Crippen molar-refractivity contribution in [3.63, 3.8) is 0 Å². The molecule has 1 aromatic heterocycles. The van der Waals surface area contributed by atoms with Crippen LogP contribution in [0.4, 0.5) is 0 Å². The average molecular weight is 409 g/mol. The number of aromatic nitrogens is 2. The first-order chi connectivity index (χ1) is 14.4. The number of carbonyl (C=O) groups is 2. The lowest BCUT2D eigenvalue weighted by Crippen LogP contribution is -2.52. The third-order valence-electron chi connectivity index (χ3n) is 5.80. The van der Waals surface area contributed by atoms with Crippen LogP contribution in [-0.4, -0.2) is 45.8 Å². The molecule has 2 amide bonds. The van der Waals surface area contributed by atoms with Gasteiger partial charge in [0, 0.05) is 43.5 Å². The number of benzene rings is 1. The second kappa shape index (κ2) is 9.83. The zero-order valence-electron chi connectivity index (χ0n) is 18.2. The molecule has 6 nitrogen and oxygen atoms in total. The van der Waals surface area contributed by atoms with Crippen molar-refractivity contribution < 1.29 is 9.59 Å². The van der Waals surface area contributed by atoms with E-state index in [0.717, 1.165) is 23.1 Å². The Morgan fingerprint density at radius 2 is 1.83 bits per heavy atom. The summed E-state index contributed by atoms with van der Waals surface area (Å²) in [5.41, 5.74) is 2.62. The van der Waals surface area contributed by atoms with Gasteiger partial charge >= 0.3 is 0 Å². The molecule has 0 bridgehead atoms. The van der Waals surface area contributed by atoms with E-state index < -0.39 is 5.41 Å². The highest BCUT2D eigenvalue weighted by Gasteiger charge is 2.42. The molecule has 1 saturated heterocycles. The highest BCUT2D eigenvalue weighted by molar-refractivity contribution is 5.84. The number of nitrogens with zero attached hydrogens (tertiary/aromatic N) is 3. The van der Waals surface area contributed by atoms with Gasteiger partial charge in [-0.2, -0.15) is 0 Å². The maximum absolute atomic E-state index is 13.3. The molecule has 0 unspecified atom stereocenters. The Balaban J connectivity index is 1.82. The van der Waals surface area contributed by atoms with Crippen LogP contribution in [-0.2, 0) is 16.0 Å². The normalized spacial score (nSPS) is 15.8. The molecule has 0 atom stereocenters. The quantitative estimate of drug-likeness (QED) is 0.759. The van der Waals surface area contributed by atoms with Crippen molar-refractivity contribution in [2.75, 3.05) is 13.1 Å². The second-order valence-corrected chi connectivity index (χ2v) is 8.54. The summed E-state index contributed by atoms with van der Waals surface area (Å²) in [6.07, 6.45) is 8.56. The molecule has 2 heterocycles. The number of carbonyl (C=O) groups excluding carboxylic acids is 2. The molecular formula is C24H32N4O2. The van der Waals surface area contributed by atoms with Crippen LogP contribution in [0.3, 0.4) is 0 Å². The number of piperidine rings is 1. The fourth-order valence-corrected chi connectivity index (χ4v) is 4.16. The van der Waals surface area contributed by atoms with E-state index in [2.05, 4.69) is 27.4 Å². The van der Waals surface area contributed by atoms with Crippen molar-refractivity contribution in [1.29, 1.82) is 0 Å². The van der Waals surface area contributed by atoms with Crippen LogP contribution >= 0.6 is 0 Å². The number of hydrogen-bond acceptors (Lipinski definition) is 4. The molecule has 1 N–H and O–H groups in total. The monoisotopic (exact) mass is 408 g/mol. The average Bonchev–Trinajstić information content (AvgIpc) is 2.75. The molecule has 2 aromatic rings. The van der Waals surface area contributed by atoms with Gasteiger partial charge in [-0.25, -0.2) is 9.97 Å². The number of nitrogens with one attached hydrogen (secondary N) is 1. The summed E-state index contributed by atoms with van der Waals surface area (Å²) in [4.78, 5) is 35.7. The Kier molecular flexibility index (Phi) is 7.19. The van der Waals surface area contributed by atoms with Crippen molar-refractivity contribution in [2.45, 2.75) is 58.9 Å².